The van der Waals surface area contributed by atoms with Crippen LogP contribution in [0.2, 0.25) is 0 Å². The van der Waals surface area contributed by atoms with Crippen LogP contribution < -0.4 is 0 Å². The summed E-state index contributed by atoms with van der Waals surface area (Å²) in [6.07, 6.45) is 12.1. The molecule has 300 valence electrons. The molecule has 1 fully saturated rings. The molecule has 0 amide bonds. The van der Waals surface area contributed by atoms with E-state index in [-0.39, 0.29) is 69.0 Å². The third-order valence-electron chi connectivity index (χ3n) is 9.96. The highest BCUT2D eigenvalue weighted by molar-refractivity contribution is 5.99. The zero-order chi connectivity index (χ0) is 39.6. The van der Waals surface area contributed by atoms with E-state index in [4.69, 9.17) is 9.47 Å². The van der Waals surface area contributed by atoms with Crippen molar-refractivity contribution in [3.05, 3.63) is 72.9 Å². The van der Waals surface area contributed by atoms with Gasteiger partial charge in [-0.05, 0) is 57.6 Å². The quantitative estimate of drug-likeness (QED) is 0.132. The van der Waals surface area contributed by atoms with Gasteiger partial charge in [0.1, 0.15) is 6.10 Å². The molecule has 0 aromatic carbocycles. The summed E-state index contributed by atoms with van der Waals surface area (Å²) in [5, 5.41) is 85.2. The van der Waals surface area contributed by atoms with Gasteiger partial charge in [-0.1, -0.05) is 81.5 Å². The van der Waals surface area contributed by atoms with Gasteiger partial charge in [0.05, 0.1) is 55.3 Å². The van der Waals surface area contributed by atoms with Crippen molar-refractivity contribution >= 4 is 11.8 Å². The molecule has 2 aliphatic heterocycles. The molecule has 0 aromatic heterocycles. The standard InChI is InChI=1S/C41H64O12/c1-27-15-10-7-5-6-8-11-16-31(42)17-12-9-13-18-33(44)23-38-29(3)37(48)26-41(51,53-38)25-34(45)20-14-19-32(43)21-35(46)22-36(47)24-39(49)52-30(4)28(2)40(27)50/h5-8,10-13,15-18,27-30,32-38,40,43-48,50-51H,9,14,19-26H2,1-4H3/b7-5+,8-6?,15-10+,16-11?,17-12?,18-13?/t27?,28-,29?,30-,32?,33?,34?,35?,36?,37-,38?,40+,41?/m0/s1. The molecule has 13 atom stereocenters. The van der Waals surface area contributed by atoms with Gasteiger partial charge in [0.25, 0.3) is 0 Å². The minimum Gasteiger partial charge on any atom is -0.462 e. The average Bonchev–Trinajstić information content (AvgIpc) is 3.06. The van der Waals surface area contributed by atoms with Crippen molar-refractivity contribution in [2.75, 3.05) is 0 Å². The maximum absolute atomic E-state index is 12.5. The lowest BCUT2D eigenvalue weighted by Crippen LogP contribution is -2.52. The number of hydrogen-bond donors (Lipinski definition) is 8. The van der Waals surface area contributed by atoms with Gasteiger partial charge in [-0.25, -0.2) is 0 Å². The molecule has 2 bridgehead atoms. The number of hydrogen-bond acceptors (Lipinski definition) is 12. The number of carbonyl (C=O) groups excluding carboxylic acids is 2. The third-order valence-corrected chi connectivity index (χ3v) is 9.96. The fourth-order valence-corrected chi connectivity index (χ4v) is 6.52. The van der Waals surface area contributed by atoms with Crippen molar-refractivity contribution in [2.24, 2.45) is 17.8 Å². The molecule has 9 unspecified atom stereocenters. The Bertz CT molecular complexity index is 1270. The highest BCUT2D eigenvalue weighted by atomic mass is 16.6. The lowest BCUT2D eigenvalue weighted by atomic mass is 9.84. The largest absolute Gasteiger partial charge is 0.462 e. The molecule has 8 N–H and O–H groups in total. The molecular weight excluding hydrogens is 684 g/mol. The number of esters is 1. The van der Waals surface area contributed by atoms with Crippen LogP contribution >= 0.6 is 0 Å². The SMILES string of the molecule is CC1/C=C/C=C/C=CC=CC(=O)C=CCC=CC(O)CC2OC(O)(CC(O)CCCC(O)CC(O)CC(O)CC(=O)O[C@@H](C)[C@H](C)[C@@H]1O)C[C@H](O)C2C. The van der Waals surface area contributed by atoms with Crippen molar-refractivity contribution in [3.8, 4) is 0 Å². The summed E-state index contributed by atoms with van der Waals surface area (Å²) < 4.78 is 11.4. The van der Waals surface area contributed by atoms with E-state index < -0.39 is 72.6 Å². The number of cyclic esters (lactones) is 1. The van der Waals surface area contributed by atoms with Gasteiger partial charge in [0.2, 0.25) is 0 Å². The van der Waals surface area contributed by atoms with Gasteiger partial charge >= 0.3 is 5.97 Å². The van der Waals surface area contributed by atoms with Crippen LogP contribution in [0.3, 0.4) is 0 Å². The van der Waals surface area contributed by atoms with Crippen molar-refractivity contribution in [3.63, 3.8) is 0 Å². The summed E-state index contributed by atoms with van der Waals surface area (Å²) in [4.78, 5) is 24.6. The molecule has 0 saturated carbocycles. The monoisotopic (exact) mass is 748 g/mol. The fraction of sp³-hybridized carbons (Fsp3) is 0.659. The highest BCUT2D eigenvalue weighted by Crippen LogP contribution is 2.36. The Morgan fingerprint density at radius 3 is 2.04 bits per heavy atom. The fourth-order valence-electron chi connectivity index (χ4n) is 6.52. The molecule has 1 saturated heterocycles. The summed E-state index contributed by atoms with van der Waals surface area (Å²) in [6.45, 7) is 7.03. The van der Waals surface area contributed by atoms with Crippen LogP contribution in [0.25, 0.3) is 0 Å². The summed E-state index contributed by atoms with van der Waals surface area (Å²) in [7, 11) is 0. The molecule has 0 spiro atoms. The van der Waals surface area contributed by atoms with E-state index in [1.807, 2.05) is 13.0 Å². The van der Waals surface area contributed by atoms with Gasteiger partial charge in [-0.2, -0.15) is 0 Å². The molecular formula is C41H64O12. The van der Waals surface area contributed by atoms with Crippen LogP contribution in [0.1, 0.15) is 91.9 Å². The number of fused-ring (bicyclic) bond motifs is 2. The maximum Gasteiger partial charge on any atom is 0.308 e. The van der Waals surface area contributed by atoms with Gasteiger partial charge in [-0.3, -0.25) is 9.59 Å². The number of ether oxygens (including phenoxy) is 2. The van der Waals surface area contributed by atoms with Crippen molar-refractivity contribution < 1.29 is 59.9 Å². The Hall–Kier alpha value is -2.78. The predicted octanol–water partition coefficient (Wildman–Crippen LogP) is 3.26. The number of allylic oxidation sites excluding steroid dienone is 10. The van der Waals surface area contributed by atoms with Crippen molar-refractivity contribution in [1.29, 1.82) is 0 Å². The Morgan fingerprint density at radius 2 is 1.32 bits per heavy atom. The third kappa shape index (κ3) is 18.4. The molecule has 12 heteroatoms. The summed E-state index contributed by atoms with van der Waals surface area (Å²) in [5.41, 5.74) is 0. The Kier molecular flexibility index (Phi) is 20.9. The first-order chi connectivity index (χ1) is 25.0. The van der Waals surface area contributed by atoms with E-state index >= 15 is 0 Å². The van der Waals surface area contributed by atoms with Crippen LogP contribution in [0.4, 0.5) is 0 Å². The lowest BCUT2D eigenvalue weighted by molar-refractivity contribution is -0.299. The van der Waals surface area contributed by atoms with E-state index in [2.05, 4.69) is 0 Å². The molecule has 12 nitrogen and oxygen atoms in total. The van der Waals surface area contributed by atoms with Crippen molar-refractivity contribution in [2.45, 2.75) is 153 Å². The topological polar surface area (TPSA) is 214 Å². The van der Waals surface area contributed by atoms with Gasteiger partial charge in [0.15, 0.2) is 11.6 Å². The first kappa shape index (κ1) is 46.4. The molecule has 0 radical (unpaired) electrons. The van der Waals surface area contributed by atoms with E-state index in [1.165, 1.54) is 12.2 Å². The smallest absolute Gasteiger partial charge is 0.308 e. The number of aliphatic hydroxyl groups excluding tert-OH is 7. The van der Waals surface area contributed by atoms with Crippen LogP contribution in [0.5, 0.6) is 0 Å². The van der Waals surface area contributed by atoms with Crippen LogP contribution in [-0.2, 0) is 19.1 Å². The van der Waals surface area contributed by atoms with E-state index in [1.54, 1.807) is 75.5 Å². The molecule has 2 aliphatic rings. The lowest BCUT2D eigenvalue weighted by Gasteiger charge is -2.44. The second-order valence-electron chi connectivity index (χ2n) is 14.8. The summed E-state index contributed by atoms with van der Waals surface area (Å²) in [5.74, 6) is -3.77. The first-order valence-corrected chi connectivity index (χ1v) is 18.9. The zero-order valence-electron chi connectivity index (χ0n) is 31.6. The van der Waals surface area contributed by atoms with E-state index in [0.29, 0.717) is 12.8 Å². The van der Waals surface area contributed by atoms with Crippen molar-refractivity contribution in [1.82, 2.24) is 0 Å². The number of ketones is 1. The Balaban J connectivity index is 2.10. The van der Waals surface area contributed by atoms with E-state index in [9.17, 15) is 50.4 Å². The van der Waals surface area contributed by atoms with Gasteiger partial charge in [0, 0.05) is 37.0 Å². The predicted molar refractivity (Wildman–Crippen MR) is 201 cm³/mol. The Morgan fingerprint density at radius 1 is 0.679 bits per heavy atom. The van der Waals surface area contributed by atoms with Gasteiger partial charge in [-0.15, -0.1) is 0 Å². The summed E-state index contributed by atoms with van der Waals surface area (Å²) >= 11 is 0. The second kappa shape index (κ2) is 23.9. The Labute approximate surface area is 314 Å². The second-order valence-corrected chi connectivity index (χ2v) is 14.8. The number of rotatable bonds is 0. The zero-order valence-corrected chi connectivity index (χ0v) is 31.6. The minimum absolute atomic E-state index is 0.0558. The maximum atomic E-state index is 12.5. The van der Waals surface area contributed by atoms with E-state index in [0.717, 1.165) is 0 Å². The molecule has 53 heavy (non-hydrogen) atoms. The summed E-state index contributed by atoms with van der Waals surface area (Å²) in [6, 6.07) is 0. The molecule has 0 aliphatic carbocycles. The van der Waals surface area contributed by atoms with Gasteiger partial charge < -0.3 is 50.3 Å². The minimum atomic E-state index is -1.83. The molecule has 2 heterocycles. The average molecular weight is 749 g/mol. The first-order valence-electron chi connectivity index (χ1n) is 18.9. The molecule has 2 rings (SSSR count). The van der Waals surface area contributed by atoms with Crippen LogP contribution in [0, 0.1) is 17.8 Å². The van der Waals surface area contributed by atoms with Crippen LogP contribution in [-0.4, -0.2) is 113 Å². The highest BCUT2D eigenvalue weighted by Gasteiger charge is 2.45. The normalized spacial score (nSPS) is 40.3. The number of aliphatic hydroxyl groups is 8. The van der Waals surface area contributed by atoms with Crippen LogP contribution in [0.15, 0.2) is 72.9 Å². The number of carbonyl (C=O) groups is 2. The molecule has 0 aromatic rings.